The Morgan fingerprint density at radius 1 is 1.21 bits per heavy atom. The van der Waals surface area contributed by atoms with Crippen LogP contribution in [0.1, 0.15) is 57.2 Å². The Hall–Kier alpha value is -3.92. The number of hydrogen-bond acceptors (Lipinski definition) is 7. The average molecular weight is 615 g/mol. The first-order valence-electron chi connectivity index (χ1n) is 13.7. The van der Waals surface area contributed by atoms with E-state index in [1.54, 1.807) is 49.6 Å². The molecule has 1 aliphatic heterocycles. The number of hydrogen-bond donors (Lipinski definition) is 0. The summed E-state index contributed by atoms with van der Waals surface area (Å²) in [7, 11) is 0. The summed E-state index contributed by atoms with van der Waals surface area (Å²) in [6, 6.07) is 7.94. The van der Waals surface area contributed by atoms with Crippen LogP contribution < -0.4 is 0 Å². The quantitative estimate of drug-likeness (QED) is 0.172. The van der Waals surface area contributed by atoms with Gasteiger partial charge in [0.15, 0.2) is 5.82 Å². The largest absolute Gasteiger partial charge is 0.444 e. The van der Waals surface area contributed by atoms with Gasteiger partial charge >= 0.3 is 12.3 Å². The molecule has 43 heavy (non-hydrogen) atoms. The third kappa shape index (κ3) is 5.72. The first-order valence-corrected chi connectivity index (χ1v) is 14.9. The lowest BCUT2D eigenvalue weighted by molar-refractivity contribution is -0.137. The number of nitriles is 1. The number of pyridine rings is 1. The second-order valence-corrected chi connectivity index (χ2v) is 12.3. The number of carbonyl (C=O) groups is 1. The van der Waals surface area contributed by atoms with Gasteiger partial charge in [0.2, 0.25) is 0 Å². The molecule has 1 aliphatic rings. The Morgan fingerprint density at radius 2 is 1.93 bits per heavy atom. The zero-order chi connectivity index (χ0) is 31.3. The van der Waals surface area contributed by atoms with E-state index < -0.39 is 35.3 Å². The van der Waals surface area contributed by atoms with E-state index >= 15 is 4.39 Å². The highest BCUT2D eigenvalue weighted by Crippen LogP contribution is 2.43. The first kappa shape index (κ1) is 30.5. The lowest BCUT2D eigenvalue weighted by Gasteiger charge is -2.39. The molecule has 0 N–H and O–H groups in total. The van der Waals surface area contributed by atoms with Crippen LogP contribution in [0.15, 0.2) is 35.4 Å². The maximum Gasteiger partial charge on any atom is 0.417 e. The number of thioether (sulfide) groups is 1. The summed E-state index contributed by atoms with van der Waals surface area (Å²) in [6.45, 7) is 7.19. The molecule has 2 atom stereocenters. The number of fused-ring (bicyclic) bond motifs is 3. The van der Waals surface area contributed by atoms with Crippen molar-refractivity contribution in [3.8, 4) is 17.2 Å². The third-order valence-electron chi connectivity index (χ3n) is 7.49. The van der Waals surface area contributed by atoms with Gasteiger partial charge in [-0.2, -0.15) is 18.4 Å². The van der Waals surface area contributed by atoms with Gasteiger partial charge in [-0.25, -0.2) is 18.9 Å². The highest BCUT2D eigenvalue weighted by atomic mass is 32.2. The third-order valence-corrected chi connectivity index (χ3v) is 8.16. The van der Waals surface area contributed by atoms with Crippen LogP contribution in [0.2, 0.25) is 0 Å². The molecule has 1 amide bonds. The molecule has 5 rings (SSSR count). The number of ether oxygens (including phenoxy) is 1. The Balaban J connectivity index is 1.65. The van der Waals surface area contributed by atoms with E-state index in [4.69, 9.17) is 4.74 Å². The van der Waals surface area contributed by atoms with Gasteiger partial charge in [-0.05, 0) is 70.1 Å². The van der Waals surface area contributed by atoms with Crippen molar-refractivity contribution in [1.82, 2.24) is 24.9 Å². The number of amides is 1. The summed E-state index contributed by atoms with van der Waals surface area (Å²) in [5, 5.41) is 19.0. The minimum atomic E-state index is -4.68. The zero-order valence-electron chi connectivity index (χ0n) is 24.3. The maximum absolute atomic E-state index is 16.4. The van der Waals surface area contributed by atoms with Crippen LogP contribution in [-0.2, 0) is 10.9 Å². The molecule has 0 spiro atoms. The topological polar surface area (TPSA) is 96.9 Å². The molecule has 3 heterocycles. The Kier molecular flexibility index (Phi) is 8.02. The molecule has 0 unspecified atom stereocenters. The fourth-order valence-corrected chi connectivity index (χ4v) is 6.20. The molecule has 1 fully saturated rings. The minimum absolute atomic E-state index is 0.0798. The van der Waals surface area contributed by atoms with E-state index in [0.29, 0.717) is 46.4 Å². The van der Waals surface area contributed by atoms with Crippen molar-refractivity contribution in [3.05, 3.63) is 47.3 Å². The molecule has 0 saturated carbocycles. The molecular formula is C30H30F4N6O2S. The van der Waals surface area contributed by atoms with Crippen molar-refractivity contribution in [2.45, 2.75) is 75.8 Å². The SMILES string of the molecule is CSc1nc2c(F)c(-c3ccccc3C(F)(F)F)c(C)cc2c2c1nnn2[C@H]1CCN(C(=O)OC(C)(C)C)[C@H](CC#N)C1. The molecule has 13 heteroatoms. The number of carbonyl (C=O) groups excluding carboxylic acids is 1. The Bertz CT molecular complexity index is 1760. The number of rotatable bonds is 4. The summed E-state index contributed by atoms with van der Waals surface area (Å²) in [5.74, 6) is -0.862. The number of aromatic nitrogens is 4. The second kappa shape index (κ2) is 11.3. The van der Waals surface area contributed by atoms with Crippen molar-refractivity contribution in [3.63, 3.8) is 0 Å². The predicted molar refractivity (Wildman–Crippen MR) is 155 cm³/mol. The van der Waals surface area contributed by atoms with Crippen LogP contribution in [-0.4, -0.2) is 55.4 Å². The summed E-state index contributed by atoms with van der Waals surface area (Å²) in [5.41, 5.74) is -0.914. The van der Waals surface area contributed by atoms with Crippen molar-refractivity contribution in [1.29, 1.82) is 5.26 Å². The van der Waals surface area contributed by atoms with Gasteiger partial charge in [0.25, 0.3) is 0 Å². The summed E-state index contributed by atoms with van der Waals surface area (Å²) >= 11 is 1.23. The van der Waals surface area contributed by atoms with Crippen LogP contribution in [0.3, 0.4) is 0 Å². The Labute approximate surface area is 250 Å². The van der Waals surface area contributed by atoms with Crippen LogP contribution in [0.5, 0.6) is 0 Å². The van der Waals surface area contributed by atoms with Crippen LogP contribution in [0.25, 0.3) is 33.1 Å². The summed E-state index contributed by atoms with van der Waals surface area (Å²) in [4.78, 5) is 19.0. The molecule has 226 valence electrons. The van der Waals surface area contributed by atoms with Gasteiger partial charge in [-0.15, -0.1) is 16.9 Å². The number of nitrogens with zero attached hydrogens (tertiary/aromatic N) is 6. The minimum Gasteiger partial charge on any atom is -0.444 e. The highest BCUT2D eigenvalue weighted by Gasteiger charge is 2.37. The number of aryl methyl sites for hydroxylation is 1. The van der Waals surface area contributed by atoms with Crippen molar-refractivity contribution >= 4 is 39.8 Å². The molecular weight excluding hydrogens is 584 g/mol. The highest BCUT2D eigenvalue weighted by molar-refractivity contribution is 7.98. The monoisotopic (exact) mass is 614 g/mol. The van der Waals surface area contributed by atoms with Crippen molar-refractivity contribution < 1.29 is 27.1 Å². The molecule has 4 aromatic rings. The van der Waals surface area contributed by atoms with Gasteiger partial charge < -0.3 is 9.64 Å². The van der Waals surface area contributed by atoms with E-state index in [1.165, 1.54) is 30.0 Å². The number of halogens is 4. The maximum atomic E-state index is 16.4. The van der Waals surface area contributed by atoms with Gasteiger partial charge in [0.1, 0.15) is 27.2 Å². The standard InChI is InChI=1S/C30H30F4N6O2S/c1-16-14-20-24(23(31)22(16)19-8-6-7-9-21(19)30(32,33)34)36-27(43-5)25-26(20)40(38-37-25)18-11-13-39(17(15-18)10-12-35)28(41)42-29(2,3)4/h6-9,14,17-18H,10-11,13,15H2,1-5H3/t17-,18+/m1/s1. The van der Waals surface area contributed by atoms with E-state index in [1.807, 2.05) is 0 Å². The van der Waals surface area contributed by atoms with Crippen LogP contribution in [0.4, 0.5) is 22.4 Å². The second-order valence-electron chi connectivity index (χ2n) is 11.5. The molecule has 0 aliphatic carbocycles. The molecule has 0 bridgehead atoms. The normalized spacial score (nSPS) is 17.8. The van der Waals surface area contributed by atoms with Gasteiger partial charge in [-0.1, -0.05) is 23.4 Å². The van der Waals surface area contributed by atoms with E-state index in [2.05, 4.69) is 21.4 Å². The molecule has 2 aromatic carbocycles. The van der Waals surface area contributed by atoms with Gasteiger partial charge in [0.05, 0.1) is 30.1 Å². The molecule has 1 saturated heterocycles. The fraction of sp³-hybridized carbons (Fsp3) is 0.433. The number of benzene rings is 2. The predicted octanol–water partition coefficient (Wildman–Crippen LogP) is 7.69. The zero-order valence-corrected chi connectivity index (χ0v) is 25.1. The summed E-state index contributed by atoms with van der Waals surface area (Å²) in [6.07, 6.45) is -2.50. The summed E-state index contributed by atoms with van der Waals surface area (Å²) < 4.78 is 65.3. The Morgan fingerprint density at radius 3 is 2.58 bits per heavy atom. The molecule has 0 radical (unpaired) electrons. The van der Waals surface area contributed by atoms with Crippen LogP contribution in [0, 0.1) is 24.1 Å². The van der Waals surface area contributed by atoms with Crippen molar-refractivity contribution in [2.24, 2.45) is 0 Å². The smallest absolute Gasteiger partial charge is 0.417 e. The van der Waals surface area contributed by atoms with Crippen LogP contribution >= 0.6 is 11.8 Å². The van der Waals surface area contributed by atoms with Gasteiger partial charge in [-0.3, -0.25) is 0 Å². The average Bonchev–Trinajstić information content (AvgIpc) is 3.37. The first-order chi connectivity index (χ1) is 20.2. The van der Waals surface area contributed by atoms with E-state index in [-0.39, 0.29) is 29.1 Å². The van der Waals surface area contributed by atoms with Crippen molar-refractivity contribution in [2.75, 3.05) is 12.8 Å². The van der Waals surface area contributed by atoms with Gasteiger partial charge in [0, 0.05) is 17.5 Å². The van der Waals surface area contributed by atoms with E-state index in [9.17, 15) is 23.2 Å². The fourth-order valence-electron chi connectivity index (χ4n) is 5.69. The number of alkyl halides is 3. The number of likely N-dealkylation sites (tertiary alicyclic amines) is 1. The molecule has 2 aromatic heterocycles. The lowest BCUT2D eigenvalue weighted by atomic mass is 9.93. The lowest BCUT2D eigenvalue weighted by Crippen LogP contribution is -2.48. The molecule has 8 nitrogen and oxygen atoms in total. The number of piperidine rings is 1. The van der Waals surface area contributed by atoms with E-state index in [0.717, 1.165) is 6.07 Å².